The standard InChI is InChI=1S/C12H17N5O/c1-3-5-13-12-14-6-4-10(17-12)15-8-11-16-7-9(2)18-11/h4,6-7H,3,5,8H2,1-2H3,(H2,13,14,15,17). The number of nitrogens with zero attached hydrogens (tertiary/aromatic N) is 3. The van der Waals surface area contributed by atoms with E-state index < -0.39 is 0 Å². The van der Waals surface area contributed by atoms with Crippen LogP contribution in [0, 0.1) is 6.92 Å². The summed E-state index contributed by atoms with van der Waals surface area (Å²) < 4.78 is 5.37. The van der Waals surface area contributed by atoms with Crippen molar-refractivity contribution in [2.45, 2.75) is 26.8 Å². The van der Waals surface area contributed by atoms with E-state index in [1.807, 2.05) is 13.0 Å². The summed E-state index contributed by atoms with van der Waals surface area (Å²) in [4.78, 5) is 12.6. The molecule has 2 heterocycles. The van der Waals surface area contributed by atoms with Crippen molar-refractivity contribution in [1.29, 1.82) is 0 Å². The summed E-state index contributed by atoms with van der Waals surface area (Å²) in [6, 6.07) is 1.81. The van der Waals surface area contributed by atoms with Crippen LogP contribution in [0.15, 0.2) is 22.9 Å². The summed E-state index contributed by atoms with van der Waals surface area (Å²) in [7, 11) is 0. The van der Waals surface area contributed by atoms with Crippen LogP contribution in [0.1, 0.15) is 25.0 Å². The molecule has 96 valence electrons. The van der Waals surface area contributed by atoms with E-state index in [4.69, 9.17) is 4.42 Å². The van der Waals surface area contributed by atoms with Gasteiger partial charge in [0.15, 0.2) is 0 Å². The van der Waals surface area contributed by atoms with Crippen LogP contribution in [0.2, 0.25) is 0 Å². The van der Waals surface area contributed by atoms with Crippen molar-refractivity contribution in [3.05, 3.63) is 30.1 Å². The van der Waals surface area contributed by atoms with E-state index in [9.17, 15) is 0 Å². The highest BCUT2D eigenvalue weighted by atomic mass is 16.4. The lowest BCUT2D eigenvalue weighted by Crippen LogP contribution is -2.07. The fraction of sp³-hybridized carbons (Fsp3) is 0.417. The highest BCUT2D eigenvalue weighted by Gasteiger charge is 2.02. The van der Waals surface area contributed by atoms with E-state index in [0.29, 0.717) is 18.4 Å². The maximum atomic E-state index is 5.37. The van der Waals surface area contributed by atoms with E-state index in [-0.39, 0.29) is 0 Å². The minimum atomic E-state index is 0.512. The van der Waals surface area contributed by atoms with Gasteiger partial charge in [-0.15, -0.1) is 0 Å². The molecule has 2 N–H and O–H groups in total. The molecule has 2 rings (SSSR count). The normalized spacial score (nSPS) is 10.3. The molecule has 0 bridgehead atoms. The second-order valence-corrected chi connectivity index (χ2v) is 3.91. The molecule has 0 atom stereocenters. The molecule has 0 aromatic carbocycles. The number of rotatable bonds is 6. The number of nitrogens with one attached hydrogen (secondary N) is 2. The Morgan fingerprint density at radius 1 is 1.28 bits per heavy atom. The second-order valence-electron chi connectivity index (χ2n) is 3.91. The predicted molar refractivity (Wildman–Crippen MR) is 69.4 cm³/mol. The van der Waals surface area contributed by atoms with Crippen LogP contribution in [0.4, 0.5) is 11.8 Å². The fourth-order valence-corrected chi connectivity index (χ4v) is 1.43. The highest BCUT2D eigenvalue weighted by Crippen LogP contribution is 2.08. The summed E-state index contributed by atoms with van der Waals surface area (Å²) >= 11 is 0. The lowest BCUT2D eigenvalue weighted by Gasteiger charge is -2.06. The van der Waals surface area contributed by atoms with Gasteiger partial charge >= 0.3 is 0 Å². The van der Waals surface area contributed by atoms with Crippen molar-refractivity contribution in [2.75, 3.05) is 17.2 Å². The zero-order valence-electron chi connectivity index (χ0n) is 10.6. The molecule has 0 saturated carbocycles. The van der Waals surface area contributed by atoms with Crippen LogP contribution >= 0.6 is 0 Å². The van der Waals surface area contributed by atoms with Gasteiger partial charge in [-0.2, -0.15) is 4.98 Å². The molecule has 0 aliphatic heterocycles. The molecule has 0 unspecified atom stereocenters. The Bertz CT molecular complexity index is 497. The van der Waals surface area contributed by atoms with Gasteiger partial charge in [-0.3, -0.25) is 0 Å². The van der Waals surface area contributed by atoms with Crippen LogP contribution in [-0.4, -0.2) is 21.5 Å². The number of anilines is 2. The van der Waals surface area contributed by atoms with Crippen LogP contribution in [0.3, 0.4) is 0 Å². The summed E-state index contributed by atoms with van der Waals surface area (Å²) in [6.45, 7) is 5.34. The smallest absolute Gasteiger partial charge is 0.224 e. The van der Waals surface area contributed by atoms with Gasteiger partial charge in [-0.1, -0.05) is 6.92 Å². The van der Waals surface area contributed by atoms with Crippen LogP contribution in [0.5, 0.6) is 0 Å². The third kappa shape index (κ3) is 3.44. The topological polar surface area (TPSA) is 75.9 Å². The zero-order chi connectivity index (χ0) is 12.8. The molecule has 0 aliphatic carbocycles. The van der Waals surface area contributed by atoms with Crippen molar-refractivity contribution >= 4 is 11.8 Å². The second kappa shape index (κ2) is 6.00. The number of aromatic nitrogens is 3. The van der Waals surface area contributed by atoms with Crippen LogP contribution in [-0.2, 0) is 6.54 Å². The largest absolute Gasteiger partial charge is 0.444 e. The van der Waals surface area contributed by atoms with Crippen molar-refractivity contribution < 1.29 is 4.42 Å². The predicted octanol–water partition coefficient (Wildman–Crippen LogP) is 2.21. The molecule has 0 saturated heterocycles. The lowest BCUT2D eigenvalue weighted by atomic mass is 10.5. The first-order valence-electron chi connectivity index (χ1n) is 6.00. The molecule has 6 heteroatoms. The molecule has 2 aromatic heterocycles. The number of hydrogen-bond acceptors (Lipinski definition) is 6. The average molecular weight is 247 g/mol. The minimum absolute atomic E-state index is 0.512. The maximum absolute atomic E-state index is 5.37. The Morgan fingerprint density at radius 3 is 2.89 bits per heavy atom. The first-order chi connectivity index (χ1) is 8.78. The van der Waals surface area contributed by atoms with Gasteiger partial charge in [0.05, 0.1) is 12.7 Å². The Hall–Kier alpha value is -2.11. The Kier molecular flexibility index (Phi) is 4.11. The SMILES string of the molecule is CCCNc1nccc(NCc2ncc(C)o2)n1. The lowest BCUT2D eigenvalue weighted by molar-refractivity contribution is 0.479. The molecular weight excluding hydrogens is 230 g/mol. The van der Waals surface area contributed by atoms with Gasteiger partial charge in [-0.25, -0.2) is 9.97 Å². The Labute approximate surface area is 106 Å². The van der Waals surface area contributed by atoms with E-state index in [1.54, 1.807) is 12.4 Å². The Balaban J connectivity index is 1.92. The van der Waals surface area contributed by atoms with Gasteiger partial charge in [0.1, 0.15) is 11.6 Å². The minimum Gasteiger partial charge on any atom is -0.444 e. The number of aryl methyl sites for hydroxylation is 1. The van der Waals surface area contributed by atoms with Gasteiger partial charge < -0.3 is 15.1 Å². The summed E-state index contributed by atoms with van der Waals surface area (Å²) in [5, 5.41) is 6.28. The van der Waals surface area contributed by atoms with Crippen LogP contribution in [0.25, 0.3) is 0 Å². The molecule has 18 heavy (non-hydrogen) atoms. The van der Waals surface area contributed by atoms with Gasteiger partial charge in [-0.05, 0) is 19.4 Å². The molecule has 0 radical (unpaired) electrons. The molecule has 0 amide bonds. The van der Waals surface area contributed by atoms with Crippen molar-refractivity contribution in [1.82, 2.24) is 15.0 Å². The zero-order valence-corrected chi connectivity index (χ0v) is 10.6. The van der Waals surface area contributed by atoms with Crippen molar-refractivity contribution in [3.8, 4) is 0 Å². The molecule has 0 aliphatic rings. The monoisotopic (exact) mass is 247 g/mol. The molecular formula is C12H17N5O. The quantitative estimate of drug-likeness (QED) is 0.815. The average Bonchev–Trinajstić information content (AvgIpc) is 2.80. The van der Waals surface area contributed by atoms with Crippen molar-refractivity contribution in [2.24, 2.45) is 0 Å². The third-order valence-corrected chi connectivity index (χ3v) is 2.28. The highest BCUT2D eigenvalue weighted by molar-refractivity contribution is 5.39. The van der Waals surface area contributed by atoms with E-state index in [2.05, 4.69) is 32.5 Å². The molecule has 0 spiro atoms. The first kappa shape index (κ1) is 12.3. The summed E-state index contributed by atoms with van der Waals surface area (Å²) in [5.41, 5.74) is 0. The maximum Gasteiger partial charge on any atom is 0.224 e. The summed E-state index contributed by atoms with van der Waals surface area (Å²) in [5.74, 6) is 2.83. The van der Waals surface area contributed by atoms with E-state index in [1.165, 1.54) is 0 Å². The fourth-order valence-electron chi connectivity index (χ4n) is 1.43. The van der Waals surface area contributed by atoms with E-state index >= 15 is 0 Å². The van der Waals surface area contributed by atoms with Gasteiger partial charge in [0.2, 0.25) is 11.8 Å². The Morgan fingerprint density at radius 2 is 2.17 bits per heavy atom. The molecule has 0 fully saturated rings. The molecule has 6 nitrogen and oxygen atoms in total. The summed E-state index contributed by atoms with van der Waals surface area (Å²) in [6.07, 6.45) is 4.45. The number of hydrogen-bond donors (Lipinski definition) is 2. The van der Waals surface area contributed by atoms with Crippen LogP contribution < -0.4 is 10.6 Å². The molecule has 2 aromatic rings. The third-order valence-electron chi connectivity index (χ3n) is 2.28. The first-order valence-corrected chi connectivity index (χ1v) is 6.00. The number of oxazole rings is 1. The van der Waals surface area contributed by atoms with E-state index in [0.717, 1.165) is 24.5 Å². The van der Waals surface area contributed by atoms with Crippen molar-refractivity contribution in [3.63, 3.8) is 0 Å². The van der Waals surface area contributed by atoms with Gasteiger partial charge in [0, 0.05) is 12.7 Å². The van der Waals surface area contributed by atoms with Gasteiger partial charge in [0.25, 0.3) is 0 Å².